The molecule has 5 unspecified atom stereocenters. The van der Waals surface area contributed by atoms with Crippen LogP contribution < -0.4 is 10.6 Å². The van der Waals surface area contributed by atoms with Crippen LogP contribution in [0.1, 0.15) is 120 Å². The van der Waals surface area contributed by atoms with Crippen molar-refractivity contribution >= 4 is 0 Å². The van der Waals surface area contributed by atoms with Crippen LogP contribution in [-0.4, -0.2) is 25.2 Å². The Morgan fingerprint density at radius 1 is 0.897 bits per heavy atom. The van der Waals surface area contributed by atoms with Crippen molar-refractivity contribution < 1.29 is 0 Å². The second kappa shape index (κ2) is 9.60. The van der Waals surface area contributed by atoms with Crippen LogP contribution >= 0.6 is 0 Å². The standard InChI is InChI=1S/C27H54N2/c1-10-24(8,11-2)21(7)23-27(15-6,20-29-23)17-16-26(13-4,14-5)18-22-25(9,12-3)19-28-22/h21-23,28-29H,10-20H2,1-9H3. The highest BCUT2D eigenvalue weighted by Gasteiger charge is 2.52. The minimum absolute atomic E-state index is 0.462. The fourth-order valence-electron chi connectivity index (χ4n) is 6.50. The first-order valence-electron chi connectivity index (χ1n) is 13.1. The second-order valence-electron chi connectivity index (χ2n) is 11.6. The van der Waals surface area contributed by atoms with Gasteiger partial charge < -0.3 is 10.6 Å². The van der Waals surface area contributed by atoms with Gasteiger partial charge in [0.2, 0.25) is 0 Å². The first-order valence-corrected chi connectivity index (χ1v) is 13.1. The molecule has 0 saturated carbocycles. The largest absolute Gasteiger partial charge is 0.313 e. The molecule has 2 heteroatoms. The van der Waals surface area contributed by atoms with Crippen molar-refractivity contribution in [2.75, 3.05) is 13.1 Å². The van der Waals surface area contributed by atoms with E-state index in [1.54, 1.807) is 0 Å². The van der Waals surface area contributed by atoms with E-state index >= 15 is 0 Å². The molecule has 0 aliphatic carbocycles. The van der Waals surface area contributed by atoms with Gasteiger partial charge in [0.15, 0.2) is 0 Å². The van der Waals surface area contributed by atoms with Crippen LogP contribution in [0, 0.1) is 27.6 Å². The van der Waals surface area contributed by atoms with Crippen LogP contribution in [0.25, 0.3) is 0 Å². The third-order valence-electron chi connectivity index (χ3n) is 10.9. The topological polar surface area (TPSA) is 24.1 Å². The highest BCUT2D eigenvalue weighted by Crippen LogP contribution is 2.52. The Morgan fingerprint density at radius 2 is 1.52 bits per heavy atom. The first-order chi connectivity index (χ1) is 13.6. The molecule has 0 bridgehead atoms. The summed E-state index contributed by atoms with van der Waals surface area (Å²) in [6, 6.07) is 1.43. The molecule has 2 rings (SSSR count). The van der Waals surface area contributed by atoms with E-state index in [0.29, 0.717) is 27.7 Å². The van der Waals surface area contributed by atoms with Gasteiger partial charge in [0.05, 0.1) is 0 Å². The summed E-state index contributed by atoms with van der Waals surface area (Å²) in [4.78, 5) is 0. The molecule has 0 aromatic carbocycles. The van der Waals surface area contributed by atoms with Gasteiger partial charge in [-0.15, -0.1) is 0 Å². The third kappa shape index (κ3) is 4.59. The molecule has 0 radical (unpaired) electrons. The van der Waals surface area contributed by atoms with E-state index in [4.69, 9.17) is 0 Å². The highest BCUT2D eigenvalue weighted by atomic mass is 15.1. The van der Waals surface area contributed by atoms with Crippen molar-refractivity contribution in [3.05, 3.63) is 0 Å². The number of hydrogen-bond acceptors (Lipinski definition) is 2. The maximum atomic E-state index is 3.91. The van der Waals surface area contributed by atoms with Gasteiger partial charge in [0.25, 0.3) is 0 Å². The molecule has 5 atom stereocenters. The molecule has 29 heavy (non-hydrogen) atoms. The number of hydrogen-bond donors (Lipinski definition) is 2. The monoisotopic (exact) mass is 406 g/mol. The molecule has 172 valence electrons. The normalized spacial score (nSPS) is 33.8. The minimum atomic E-state index is 0.462. The molecule has 2 aliphatic heterocycles. The molecule has 2 saturated heterocycles. The Kier molecular flexibility index (Phi) is 8.33. The van der Waals surface area contributed by atoms with Gasteiger partial charge in [-0.05, 0) is 59.7 Å². The summed E-state index contributed by atoms with van der Waals surface area (Å²) in [6.45, 7) is 24.5. The van der Waals surface area contributed by atoms with Gasteiger partial charge in [-0.25, -0.2) is 0 Å². The average molecular weight is 407 g/mol. The van der Waals surface area contributed by atoms with Crippen LogP contribution in [0.2, 0.25) is 0 Å². The Morgan fingerprint density at radius 3 is 1.86 bits per heavy atom. The first kappa shape index (κ1) is 25.2. The van der Waals surface area contributed by atoms with E-state index in [0.717, 1.165) is 12.0 Å². The summed E-state index contributed by atoms with van der Waals surface area (Å²) < 4.78 is 0. The second-order valence-corrected chi connectivity index (χ2v) is 11.6. The van der Waals surface area contributed by atoms with Crippen LogP contribution in [0.3, 0.4) is 0 Å². The van der Waals surface area contributed by atoms with Crippen LogP contribution in [0.15, 0.2) is 0 Å². The average Bonchev–Trinajstić information content (AvgIpc) is 2.73. The zero-order valence-corrected chi connectivity index (χ0v) is 21.5. The lowest BCUT2D eigenvalue weighted by molar-refractivity contribution is -0.0330. The summed E-state index contributed by atoms with van der Waals surface area (Å²) in [5, 5.41) is 7.71. The zero-order chi connectivity index (χ0) is 21.9. The van der Waals surface area contributed by atoms with Crippen molar-refractivity contribution in [2.24, 2.45) is 27.6 Å². The molecule has 2 heterocycles. The Balaban J connectivity index is 2.10. The highest BCUT2D eigenvalue weighted by molar-refractivity contribution is 5.07. The molecule has 2 fully saturated rings. The maximum absolute atomic E-state index is 3.91. The molecular weight excluding hydrogens is 352 g/mol. The summed E-state index contributed by atoms with van der Waals surface area (Å²) in [5.74, 6) is 0.750. The molecule has 2 nitrogen and oxygen atoms in total. The predicted octanol–water partition coefficient (Wildman–Crippen LogP) is 7.18. The molecule has 0 amide bonds. The minimum Gasteiger partial charge on any atom is -0.313 e. The Labute approximate surface area is 183 Å². The molecule has 2 N–H and O–H groups in total. The fraction of sp³-hybridized carbons (Fsp3) is 1.00. The van der Waals surface area contributed by atoms with Gasteiger partial charge in [0.1, 0.15) is 0 Å². The number of nitrogens with one attached hydrogen (secondary N) is 2. The van der Waals surface area contributed by atoms with Gasteiger partial charge in [-0.2, -0.15) is 0 Å². The van der Waals surface area contributed by atoms with Crippen LogP contribution in [-0.2, 0) is 0 Å². The van der Waals surface area contributed by atoms with Crippen molar-refractivity contribution in [1.29, 1.82) is 0 Å². The molecule has 0 aromatic rings. The summed E-state index contributed by atoms with van der Waals surface area (Å²) >= 11 is 0. The van der Waals surface area contributed by atoms with Crippen molar-refractivity contribution in [3.63, 3.8) is 0 Å². The Bertz CT molecular complexity index is 499. The number of rotatable bonds is 13. The summed E-state index contributed by atoms with van der Waals surface area (Å²) in [6.07, 6.45) is 12.1. The van der Waals surface area contributed by atoms with Gasteiger partial charge in [-0.3, -0.25) is 0 Å². The van der Waals surface area contributed by atoms with Crippen molar-refractivity contribution in [3.8, 4) is 0 Å². The predicted molar refractivity (Wildman–Crippen MR) is 129 cm³/mol. The van der Waals surface area contributed by atoms with Crippen LogP contribution in [0.5, 0.6) is 0 Å². The van der Waals surface area contributed by atoms with E-state index in [1.165, 1.54) is 70.9 Å². The summed E-state index contributed by atoms with van der Waals surface area (Å²) in [5.41, 5.74) is 2.02. The molecule has 2 aliphatic rings. The SMILES string of the molecule is CCC(CC)(CCC1(CC)CNC1C(C)C(C)(CC)CC)CC1NCC1(C)CC. The quantitative estimate of drug-likeness (QED) is 0.338. The third-order valence-corrected chi connectivity index (χ3v) is 10.9. The van der Waals surface area contributed by atoms with Gasteiger partial charge in [0, 0.05) is 25.2 Å². The molecular formula is C27H54N2. The van der Waals surface area contributed by atoms with Crippen LogP contribution in [0.4, 0.5) is 0 Å². The van der Waals surface area contributed by atoms with E-state index in [1.807, 2.05) is 0 Å². The lowest BCUT2D eigenvalue weighted by Crippen LogP contribution is -2.67. The maximum Gasteiger partial charge on any atom is 0.0167 e. The lowest BCUT2D eigenvalue weighted by Gasteiger charge is -2.58. The summed E-state index contributed by atoms with van der Waals surface area (Å²) in [7, 11) is 0. The fourth-order valence-corrected chi connectivity index (χ4v) is 6.50. The smallest absolute Gasteiger partial charge is 0.0167 e. The molecule has 0 aromatic heterocycles. The zero-order valence-electron chi connectivity index (χ0n) is 21.5. The van der Waals surface area contributed by atoms with Gasteiger partial charge >= 0.3 is 0 Å². The van der Waals surface area contributed by atoms with E-state index in [9.17, 15) is 0 Å². The lowest BCUT2D eigenvalue weighted by atomic mass is 9.56. The Hall–Kier alpha value is -0.0800. The van der Waals surface area contributed by atoms with Gasteiger partial charge in [-0.1, -0.05) is 88.0 Å². The molecule has 0 spiro atoms. The van der Waals surface area contributed by atoms with Crippen molar-refractivity contribution in [2.45, 2.75) is 132 Å². The van der Waals surface area contributed by atoms with E-state index < -0.39 is 0 Å². The van der Waals surface area contributed by atoms with E-state index in [-0.39, 0.29) is 0 Å². The van der Waals surface area contributed by atoms with Crippen molar-refractivity contribution in [1.82, 2.24) is 10.6 Å². The van der Waals surface area contributed by atoms with E-state index in [2.05, 4.69) is 72.9 Å².